The van der Waals surface area contributed by atoms with Gasteiger partial charge in [-0.25, -0.2) is 9.78 Å². The number of primary amides is 1. The zero-order chi connectivity index (χ0) is 21.6. The van der Waals surface area contributed by atoms with Crippen LogP contribution >= 0.6 is 11.3 Å². The van der Waals surface area contributed by atoms with Gasteiger partial charge in [0.25, 0.3) is 5.91 Å². The lowest BCUT2D eigenvalue weighted by Gasteiger charge is -2.23. The van der Waals surface area contributed by atoms with Gasteiger partial charge < -0.3 is 26.6 Å². The predicted molar refractivity (Wildman–Crippen MR) is 123 cm³/mol. The summed E-state index contributed by atoms with van der Waals surface area (Å²) in [5.74, 6) is 6.91. The number of nitrogens with zero attached hydrogens (tertiary/aromatic N) is 2. The second-order valence-electron chi connectivity index (χ2n) is 7.71. The molecule has 2 saturated heterocycles. The van der Waals surface area contributed by atoms with Crippen LogP contribution in [-0.4, -0.2) is 49.1 Å². The summed E-state index contributed by atoms with van der Waals surface area (Å²) in [6.07, 6.45) is 6.12. The summed E-state index contributed by atoms with van der Waals surface area (Å²) in [5, 5.41) is 8.83. The van der Waals surface area contributed by atoms with Crippen molar-refractivity contribution in [1.29, 1.82) is 0 Å². The molecular weight excluding hydrogens is 412 g/mol. The van der Waals surface area contributed by atoms with E-state index in [4.69, 9.17) is 5.73 Å². The quantitative estimate of drug-likeness (QED) is 0.546. The third kappa shape index (κ3) is 5.54. The molecule has 2 aromatic rings. The molecule has 31 heavy (non-hydrogen) atoms. The third-order valence-electron chi connectivity index (χ3n) is 5.34. The Balaban J connectivity index is 1.49. The highest BCUT2D eigenvalue weighted by atomic mass is 32.1. The Kier molecular flexibility index (Phi) is 6.70. The monoisotopic (exact) mass is 438 g/mol. The molecular formula is C22H26N6O2S. The average Bonchev–Trinajstić information content (AvgIpc) is 3.43. The van der Waals surface area contributed by atoms with Crippen LogP contribution in [0.15, 0.2) is 24.4 Å². The summed E-state index contributed by atoms with van der Waals surface area (Å²) in [7, 11) is 0. The Bertz CT molecular complexity index is 995. The lowest BCUT2D eigenvalue weighted by molar-refractivity contribution is 0.0935. The predicted octanol–water partition coefficient (Wildman–Crippen LogP) is 2.12. The average molecular weight is 439 g/mol. The van der Waals surface area contributed by atoms with Gasteiger partial charge in [-0.1, -0.05) is 11.8 Å². The van der Waals surface area contributed by atoms with Crippen LogP contribution in [0.5, 0.6) is 0 Å². The first-order chi connectivity index (χ1) is 15.1. The van der Waals surface area contributed by atoms with E-state index in [1.165, 1.54) is 24.2 Å². The Hall–Kier alpha value is -3.09. The number of nitrogens with one attached hydrogen (secondary N) is 3. The highest BCUT2D eigenvalue weighted by molar-refractivity contribution is 7.15. The van der Waals surface area contributed by atoms with E-state index in [1.807, 2.05) is 12.1 Å². The third-order valence-corrected chi connectivity index (χ3v) is 6.39. The Morgan fingerprint density at radius 1 is 1.23 bits per heavy atom. The lowest BCUT2D eigenvalue weighted by Crippen LogP contribution is -2.45. The summed E-state index contributed by atoms with van der Waals surface area (Å²) < 4.78 is 0. The molecule has 2 aliphatic heterocycles. The fraction of sp³-hybridized carbons (Fsp3) is 0.409. The molecule has 0 aliphatic carbocycles. The van der Waals surface area contributed by atoms with Crippen LogP contribution in [0.2, 0.25) is 0 Å². The van der Waals surface area contributed by atoms with Gasteiger partial charge in [0.15, 0.2) is 0 Å². The SMILES string of the molecule is NC(=O)Nc1cc(C#Cc2ccc(N3CCCC3)nc2)sc1C(=O)N[C@H]1CCCNC1. The van der Waals surface area contributed by atoms with Gasteiger partial charge in [0.1, 0.15) is 10.7 Å². The number of rotatable bonds is 4. The minimum atomic E-state index is -0.715. The van der Waals surface area contributed by atoms with Crippen molar-refractivity contribution in [3.05, 3.63) is 39.7 Å². The van der Waals surface area contributed by atoms with Crippen LogP contribution in [0.3, 0.4) is 0 Å². The molecule has 0 unspecified atom stereocenters. The van der Waals surface area contributed by atoms with E-state index in [9.17, 15) is 9.59 Å². The summed E-state index contributed by atoms with van der Waals surface area (Å²) in [6.45, 7) is 3.80. The fourth-order valence-electron chi connectivity index (χ4n) is 3.80. The molecule has 3 amide bonds. The minimum Gasteiger partial charge on any atom is -0.357 e. The number of carbonyl (C=O) groups excluding carboxylic acids is 2. The van der Waals surface area contributed by atoms with Crippen LogP contribution < -0.4 is 26.6 Å². The van der Waals surface area contributed by atoms with Gasteiger partial charge in [0.2, 0.25) is 0 Å². The number of amides is 3. The molecule has 4 heterocycles. The molecule has 1 atom stereocenters. The van der Waals surface area contributed by atoms with Gasteiger partial charge >= 0.3 is 6.03 Å². The maximum Gasteiger partial charge on any atom is 0.316 e. The van der Waals surface area contributed by atoms with E-state index >= 15 is 0 Å². The second-order valence-corrected chi connectivity index (χ2v) is 8.76. The summed E-state index contributed by atoms with van der Waals surface area (Å²) in [6, 6.07) is 4.98. The number of carbonyl (C=O) groups is 2. The van der Waals surface area contributed by atoms with E-state index in [1.54, 1.807) is 12.3 Å². The largest absolute Gasteiger partial charge is 0.357 e. The van der Waals surface area contributed by atoms with Crippen molar-refractivity contribution >= 4 is 34.8 Å². The molecule has 0 spiro atoms. The molecule has 2 aromatic heterocycles. The zero-order valence-electron chi connectivity index (χ0n) is 17.2. The normalized spacial score (nSPS) is 18.2. The number of anilines is 2. The van der Waals surface area contributed by atoms with Crippen molar-refractivity contribution in [2.75, 3.05) is 36.4 Å². The molecule has 0 radical (unpaired) electrons. The molecule has 4 rings (SSSR count). The lowest BCUT2D eigenvalue weighted by atomic mass is 10.1. The van der Waals surface area contributed by atoms with Crippen molar-refractivity contribution < 1.29 is 9.59 Å². The fourth-order valence-corrected chi connectivity index (χ4v) is 4.67. The van der Waals surface area contributed by atoms with Crippen molar-refractivity contribution in [3.8, 4) is 11.8 Å². The van der Waals surface area contributed by atoms with Crippen molar-refractivity contribution in [2.45, 2.75) is 31.7 Å². The molecule has 5 N–H and O–H groups in total. The van der Waals surface area contributed by atoms with E-state index in [0.29, 0.717) is 15.4 Å². The van der Waals surface area contributed by atoms with E-state index in [2.05, 4.69) is 37.7 Å². The first-order valence-corrected chi connectivity index (χ1v) is 11.3. The maximum atomic E-state index is 12.8. The Morgan fingerprint density at radius 2 is 2.06 bits per heavy atom. The van der Waals surface area contributed by atoms with Gasteiger partial charge in [0, 0.05) is 37.4 Å². The van der Waals surface area contributed by atoms with Crippen molar-refractivity contribution in [3.63, 3.8) is 0 Å². The highest BCUT2D eigenvalue weighted by Crippen LogP contribution is 2.27. The van der Waals surface area contributed by atoms with Gasteiger partial charge in [-0.3, -0.25) is 4.79 Å². The summed E-state index contributed by atoms with van der Waals surface area (Å²) >= 11 is 1.24. The minimum absolute atomic E-state index is 0.0690. The van der Waals surface area contributed by atoms with Crippen LogP contribution in [0.1, 0.15) is 45.8 Å². The van der Waals surface area contributed by atoms with Gasteiger partial charge in [-0.2, -0.15) is 0 Å². The molecule has 0 bridgehead atoms. The molecule has 162 valence electrons. The number of piperidine rings is 1. The number of hydrogen-bond acceptors (Lipinski definition) is 6. The zero-order valence-corrected chi connectivity index (χ0v) is 18.1. The molecule has 0 saturated carbocycles. The number of thiophene rings is 1. The summed E-state index contributed by atoms with van der Waals surface area (Å²) in [5.41, 5.74) is 6.45. The second kappa shape index (κ2) is 9.81. The molecule has 2 fully saturated rings. The molecule has 8 nitrogen and oxygen atoms in total. The standard InChI is InChI=1S/C22H26N6O2S/c23-22(30)27-18-12-17(31-20(18)21(29)26-16-4-3-9-24-14-16)7-5-15-6-8-19(25-13-15)28-10-1-2-11-28/h6,8,12-13,16,24H,1-4,9-11,14H2,(H,26,29)(H3,23,27,30)/t16-/m0/s1. The first-order valence-electron chi connectivity index (χ1n) is 10.5. The van der Waals surface area contributed by atoms with Crippen LogP contribution in [-0.2, 0) is 0 Å². The molecule has 0 aromatic carbocycles. The smallest absolute Gasteiger partial charge is 0.316 e. The topological polar surface area (TPSA) is 112 Å². The van der Waals surface area contributed by atoms with Crippen LogP contribution in [0.25, 0.3) is 0 Å². The Labute approximate surface area is 185 Å². The molecule has 2 aliphatic rings. The van der Waals surface area contributed by atoms with Crippen LogP contribution in [0, 0.1) is 11.8 Å². The molecule has 9 heteroatoms. The van der Waals surface area contributed by atoms with E-state index in [-0.39, 0.29) is 11.9 Å². The van der Waals surface area contributed by atoms with Crippen molar-refractivity contribution in [2.24, 2.45) is 5.73 Å². The van der Waals surface area contributed by atoms with Gasteiger partial charge in [-0.15, -0.1) is 11.3 Å². The number of hydrogen-bond donors (Lipinski definition) is 4. The van der Waals surface area contributed by atoms with E-state index < -0.39 is 6.03 Å². The Morgan fingerprint density at radius 3 is 2.74 bits per heavy atom. The van der Waals surface area contributed by atoms with E-state index in [0.717, 1.165) is 50.4 Å². The van der Waals surface area contributed by atoms with Crippen molar-refractivity contribution in [1.82, 2.24) is 15.6 Å². The highest BCUT2D eigenvalue weighted by Gasteiger charge is 2.21. The van der Waals surface area contributed by atoms with Gasteiger partial charge in [0.05, 0.1) is 10.6 Å². The summed E-state index contributed by atoms with van der Waals surface area (Å²) in [4.78, 5) is 32.0. The van der Waals surface area contributed by atoms with Gasteiger partial charge in [-0.05, 0) is 50.4 Å². The number of pyridine rings is 1. The maximum absolute atomic E-state index is 12.8. The van der Waals surface area contributed by atoms with Crippen LogP contribution in [0.4, 0.5) is 16.3 Å². The number of aromatic nitrogens is 1. The first kappa shape index (κ1) is 21.2. The number of urea groups is 1. The number of nitrogens with two attached hydrogens (primary N) is 1.